The molecule has 0 N–H and O–H groups in total. The van der Waals surface area contributed by atoms with E-state index < -0.39 is 0 Å². The molecule has 120 valence electrons. The van der Waals surface area contributed by atoms with Gasteiger partial charge >= 0.3 is 0 Å². The topological polar surface area (TPSA) is 24.2 Å². The van der Waals surface area contributed by atoms with Gasteiger partial charge in [0.15, 0.2) is 12.4 Å². The number of carbonyl (C=O) groups is 1. The van der Waals surface area contributed by atoms with Crippen LogP contribution in [0.5, 0.6) is 0 Å². The highest BCUT2D eigenvalue weighted by atomic mass is 16.2. The van der Waals surface area contributed by atoms with E-state index in [0.717, 1.165) is 12.1 Å². The van der Waals surface area contributed by atoms with Crippen molar-refractivity contribution in [3.05, 3.63) is 59.9 Å². The number of hydrogen-bond acceptors (Lipinski definition) is 1. The minimum atomic E-state index is -0.192. The second-order valence-electron chi connectivity index (χ2n) is 6.24. The standard InChI is InChI=1S/C20H25N2O/c1-3-22(19-11-5-4-6-12-19)20(23)16(2)21-14-13-17-9-7-8-10-18(17)15-21/h4-6,11-16H,3,7-10H2,1-2H3/q+1/t16-/m0/s1. The summed E-state index contributed by atoms with van der Waals surface area (Å²) in [5.74, 6) is 0.138. The number of amides is 1. The third kappa shape index (κ3) is 3.29. The van der Waals surface area contributed by atoms with Gasteiger partial charge in [0.1, 0.15) is 0 Å². The van der Waals surface area contributed by atoms with Gasteiger partial charge in [0.05, 0.1) is 0 Å². The number of rotatable bonds is 4. The molecular formula is C20H25N2O+. The summed E-state index contributed by atoms with van der Waals surface area (Å²) >= 11 is 0. The van der Waals surface area contributed by atoms with Crippen molar-refractivity contribution >= 4 is 11.6 Å². The highest BCUT2D eigenvalue weighted by molar-refractivity contribution is 5.94. The summed E-state index contributed by atoms with van der Waals surface area (Å²) in [7, 11) is 0. The monoisotopic (exact) mass is 309 g/mol. The third-order valence-corrected chi connectivity index (χ3v) is 4.76. The van der Waals surface area contributed by atoms with E-state index in [2.05, 4.69) is 23.0 Å². The second kappa shape index (κ2) is 6.95. The molecule has 1 atom stereocenters. The van der Waals surface area contributed by atoms with Crippen molar-refractivity contribution in [2.75, 3.05) is 11.4 Å². The lowest BCUT2D eigenvalue weighted by molar-refractivity contribution is -0.706. The van der Waals surface area contributed by atoms with Gasteiger partial charge in [-0.1, -0.05) is 18.2 Å². The first-order valence-electron chi connectivity index (χ1n) is 8.59. The van der Waals surface area contributed by atoms with Crippen LogP contribution in [0.2, 0.25) is 0 Å². The minimum absolute atomic E-state index is 0.138. The molecule has 0 saturated carbocycles. The highest BCUT2D eigenvalue weighted by Gasteiger charge is 2.28. The van der Waals surface area contributed by atoms with Crippen LogP contribution >= 0.6 is 0 Å². The zero-order chi connectivity index (χ0) is 16.2. The van der Waals surface area contributed by atoms with Crippen LogP contribution in [0.3, 0.4) is 0 Å². The molecule has 1 aliphatic carbocycles. The largest absolute Gasteiger partial charge is 0.307 e. The number of hydrogen-bond donors (Lipinski definition) is 0. The number of aromatic nitrogens is 1. The Morgan fingerprint density at radius 3 is 2.52 bits per heavy atom. The molecular weight excluding hydrogens is 284 g/mol. The summed E-state index contributed by atoms with van der Waals surface area (Å²) in [5.41, 5.74) is 3.81. The second-order valence-corrected chi connectivity index (χ2v) is 6.24. The number of fused-ring (bicyclic) bond motifs is 1. The average molecular weight is 309 g/mol. The summed E-state index contributed by atoms with van der Waals surface area (Å²) in [6, 6.07) is 11.9. The van der Waals surface area contributed by atoms with E-state index in [0.29, 0.717) is 6.54 Å². The van der Waals surface area contributed by atoms with E-state index in [1.165, 1.54) is 30.4 Å². The Morgan fingerprint density at radius 1 is 1.13 bits per heavy atom. The molecule has 0 bridgehead atoms. The molecule has 1 aliphatic rings. The average Bonchev–Trinajstić information content (AvgIpc) is 2.62. The van der Waals surface area contributed by atoms with Gasteiger partial charge < -0.3 is 4.90 Å². The molecule has 0 fully saturated rings. The zero-order valence-corrected chi connectivity index (χ0v) is 14.0. The Balaban J connectivity index is 1.84. The van der Waals surface area contributed by atoms with Crippen molar-refractivity contribution < 1.29 is 9.36 Å². The number of likely N-dealkylation sites (N-methyl/N-ethyl adjacent to an activating group) is 1. The summed E-state index contributed by atoms with van der Waals surface area (Å²) in [5, 5.41) is 0. The maximum absolute atomic E-state index is 12.9. The van der Waals surface area contributed by atoms with Crippen LogP contribution < -0.4 is 9.47 Å². The maximum Gasteiger partial charge on any atom is 0.295 e. The van der Waals surface area contributed by atoms with Crippen molar-refractivity contribution in [3.8, 4) is 0 Å². The van der Waals surface area contributed by atoms with Crippen LogP contribution in [0, 0.1) is 0 Å². The first kappa shape index (κ1) is 15.7. The zero-order valence-electron chi connectivity index (χ0n) is 14.0. The Morgan fingerprint density at radius 2 is 1.83 bits per heavy atom. The van der Waals surface area contributed by atoms with Gasteiger partial charge in [0, 0.05) is 30.8 Å². The van der Waals surface area contributed by atoms with Gasteiger partial charge in [-0.2, -0.15) is 4.57 Å². The minimum Gasteiger partial charge on any atom is -0.307 e. The van der Waals surface area contributed by atoms with Gasteiger partial charge in [0.2, 0.25) is 6.04 Å². The lowest BCUT2D eigenvalue weighted by Crippen LogP contribution is -2.48. The van der Waals surface area contributed by atoms with E-state index in [4.69, 9.17) is 0 Å². The van der Waals surface area contributed by atoms with Gasteiger partial charge in [-0.15, -0.1) is 0 Å². The molecule has 1 amide bonds. The Labute approximate surface area is 138 Å². The summed E-state index contributed by atoms with van der Waals surface area (Å²) < 4.78 is 2.07. The predicted octanol–water partition coefficient (Wildman–Crippen LogP) is 3.47. The summed E-state index contributed by atoms with van der Waals surface area (Å²) in [4.78, 5) is 14.8. The molecule has 2 aromatic rings. The molecule has 3 heteroatoms. The lowest BCUT2D eigenvalue weighted by atomic mass is 9.93. The number of anilines is 1. The van der Waals surface area contributed by atoms with Crippen LogP contribution in [-0.2, 0) is 17.6 Å². The molecule has 1 aromatic heterocycles. The molecule has 1 aromatic carbocycles. The number of nitrogens with zero attached hydrogens (tertiary/aromatic N) is 2. The van der Waals surface area contributed by atoms with Gasteiger partial charge in [-0.3, -0.25) is 4.79 Å². The molecule has 23 heavy (non-hydrogen) atoms. The summed E-state index contributed by atoms with van der Waals surface area (Å²) in [6.07, 6.45) is 9.08. The number of carbonyl (C=O) groups excluding carboxylic acids is 1. The number of pyridine rings is 1. The van der Waals surface area contributed by atoms with E-state index in [-0.39, 0.29) is 11.9 Å². The number of para-hydroxylation sites is 1. The quantitative estimate of drug-likeness (QED) is 0.794. The fourth-order valence-corrected chi connectivity index (χ4v) is 3.36. The molecule has 3 nitrogen and oxygen atoms in total. The van der Waals surface area contributed by atoms with Crippen molar-refractivity contribution in [1.82, 2.24) is 0 Å². The highest BCUT2D eigenvalue weighted by Crippen LogP contribution is 2.20. The predicted molar refractivity (Wildman–Crippen MR) is 92.5 cm³/mol. The maximum atomic E-state index is 12.9. The van der Waals surface area contributed by atoms with Crippen molar-refractivity contribution in [2.24, 2.45) is 0 Å². The van der Waals surface area contributed by atoms with Crippen molar-refractivity contribution in [3.63, 3.8) is 0 Å². The Hall–Kier alpha value is -2.16. The van der Waals surface area contributed by atoms with E-state index >= 15 is 0 Å². The van der Waals surface area contributed by atoms with Gasteiger partial charge in [-0.25, -0.2) is 0 Å². The molecule has 0 spiro atoms. The molecule has 1 heterocycles. The number of aryl methyl sites for hydroxylation is 2. The molecule has 3 rings (SSSR count). The van der Waals surface area contributed by atoms with Crippen molar-refractivity contribution in [1.29, 1.82) is 0 Å². The van der Waals surface area contributed by atoms with Crippen LogP contribution in [0.4, 0.5) is 5.69 Å². The fraction of sp³-hybridized carbons (Fsp3) is 0.400. The summed E-state index contributed by atoms with van der Waals surface area (Å²) in [6.45, 7) is 4.69. The van der Waals surface area contributed by atoms with Crippen LogP contribution in [0.15, 0.2) is 48.8 Å². The van der Waals surface area contributed by atoms with E-state index in [1.807, 2.05) is 49.1 Å². The Kier molecular flexibility index (Phi) is 4.75. The van der Waals surface area contributed by atoms with Gasteiger partial charge in [0.25, 0.3) is 5.91 Å². The first-order valence-corrected chi connectivity index (χ1v) is 8.59. The third-order valence-electron chi connectivity index (χ3n) is 4.76. The van der Waals surface area contributed by atoms with Crippen LogP contribution in [0.1, 0.15) is 43.9 Å². The van der Waals surface area contributed by atoms with Crippen LogP contribution in [0.25, 0.3) is 0 Å². The fourth-order valence-electron chi connectivity index (χ4n) is 3.36. The smallest absolute Gasteiger partial charge is 0.295 e. The lowest BCUT2D eigenvalue weighted by Gasteiger charge is -2.23. The molecule has 0 unspecified atom stereocenters. The number of benzene rings is 1. The molecule has 0 aliphatic heterocycles. The first-order chi connectivity index (χ1) is 11.2. The van der Waals surface area contributed by atoms with Crippen LogP contribution in [-0.4, -0.2) is 12.5 Å². The van der Waals surface area contributed by atoms with E-state index in [9.17, 15) is 4.79 Å². The SMILES string of the molecule is CCN(C(=O)[C@H](C)[n+]1ccc2c(c1)CCCC2)c1ccccc1. The van der Waals surface area contributed by atoms with Gasteiger partial charge in [-0.05, 0) is 50.3 Å². The molecule has 0 radical (unpaired) electrons. The normalized spacial score (nSPS) is 14.9. The Bertz CT molecular complexity index is 681. The van der Waals surface area contributed by atoms with E-state index in [1.54, 1.807) is 0 Å². The molecule has 0 saturated heterocycles. The van der Waals surface area contributed by atoms with Crippen molar-refractivity contribution in [2.45, 2.75) is 45.6 Å².